The van der Waals surface area contributed by atoms with Gasteiger partial charge in [-0.1, -0.05) is 18.2 Å². The summed E-state index contributed by atoms with van der Waals surface area (Å²) in [7, 11) is 4.25. The van der Waals surface area contributed by atoms with Crippen molar-refractivity contribution in [3.8, 4) is 0 Å². The molecule has 0 saturated heterocycles. The van der Waals surface area contributed by atoms with Gasteiger partial charge < -0.3 is 9.88 Å². The molecule has 1 aromatic carbocycles. The zero-order valence-electron chi connectivity index (χ0n) is 10.8. The summed E-state index contributed by atoms with van der Waals surface area (Å²) in [5.41, 5.74) is 3.93. The normalized spacial score (nSPS) is 12.6. The Balaban J connectivity index is 2.73. The molecule has 2 nitrogen and oxygen atoms in total. The molecule has 0 aliphatic rings. The summed E-state index contributed by atoms with van der Waals surface area (Å²) in [6.45, 7) is 6.67. The van der Waals surface area contributed by atoms with Crippen molar-refractivity contribution in [2.24, 2.45) is 0 Å². The van der Waals surface area contributed by atoms with Crippen LogP contribution in [0.4, 0.5) is 0 Å². The van der Waals surface area contributed by atoms with Gasteiger partial charge in [-0.15, -0.1) is 0 Å². The number of hydrogen-bond acceptors (Lipinski definition) is 1. The number of H-pyrrole nitrogens is 1. The number of fused-ring (bicyclic) bond motifs is 1. The Kier molecular flexibility index (Phi) is 2.55. The molecule has 0 saturated carbocycles. The minimum Gasteiger partial charge on any atom is -0.358 e. The fraction of sp³-hybridized carbons (Fsp3) is 0.429. The molecular formula is C14H20N2. The number of aryl methyl sites for hydroxylation is 1. The fourth-order valence-electron chi connectivity index (χ4n) is 2.29. The van der Waals surface area contributed by atoms with Crippen molar-refractivity contribution in [3.63, 3.8) is 0 Å². The van der Waals surface area contributed by atoms with Gasteiger partial charge in [0.15, 0.2) is 0 Å². The Labute approximate surface area is 97.3 Å². The van der Waals surface area contributed by atoms with Gasteiger partial charge in [0.1, 0.15) is 0 Å². The van der Waals surface area contributed by atoms with Crippen LogP contribution in [0.5, 0.6) is 0 Å². The maximum Gasteiger partial charge on any atom is 0.0459 e. The number of aromatic nitrogens is 1. The van der Waals surface area contributed by atoms with Gasteiger partial charge in [0, 0.05) is 27.7 Å². The highest BCUT2D eigenvalue weighted by atomic mass is 15.1. The minimum atomic E-state index is 0.0453. The van der Waals surface area contributed by atoms with Crippen molar-refractivity contribution < 1.29 is 0 Å². The Morgan fingerprint density at radius 3 is 2.38 bits per heavy atom. The van der Waals surface area contributed by atoms with E-state index in [4.69, 9.17) is 0 Å². The third-order valence-corrected chi connectivity index (χ3v) is 3.62. The van der Waals surface area contributed by atoms with Gasteiger partial charge in [0.2, 0.25) is 0 Å². The topological polar surface area (TPSA) is 19.0 Å². The van der Waals surface area contributed by atoms with Crippen LogP contribution in [0.25, 0.3) is 10.9 Å². The lowest BCUT2D eigenvalue weighted by Crippen LogP contribution is -2.35. The molecule has 0 bridgehead atoms. The number of aromatic amines is 1. The van der Waals surface area contributed by atoms with E-state index in [2.05, 4.69) is 69.0 Å². The second kappa shape index (κ2) is 3.63. The van der Waals surface area contributed by atoms with E-state index >= 15 is 0 Å². The quantitative estimate of drug-likeness (QED) is 0.816. The molecule has 2 heteroatoms. The second-order valence-corrected chi connectivity index (χ2v) is 5.12. The second-order valence-electron chi connectivity index (χ2n) is 5.12. The summed E-state index contributed by atoms with van der Waals surface area (Å²) < 4.78 is 0. The molecule has 0 atom stereocenters. The van der Waals surface area contributed by atoms with Crippen LogP contribution in [0.2, 0.25) is 0 Å². The Morgan fingerprint density at radius 1 is 1.12 bits per heavy atom. The van der Waals surface area contributed by atoms with Crippen LogP contribution >= 0.6 is 0 Å². The van der Waals surface area contributed by atoms with E-state index in [1.54, 1.807) is 0 Å². The largest absolute Gasteiger partial charge is 0.358 e. The monoisotopic (exact) mass is 216 g/mol. The first-order valence-electron chi connectivity index (χ1n) is 5.70. The summed E-state index contributed by atoms with van der Waals surface area (Å²) in [6, 6.07) is 8.51. The average Bonchev–Trinajstić information content (AvgIpc) is 2.53. The van der Waals surface area contributed by atoms with Crippen LogP contribution in [0.15, 0.2) is 24.3 Å². The van der Waals surface area contributed by atoms with Crippen LogP contribution in [0, 0.1) is 6.92 Å². The number of hydrogen-bond donors (Lipinski definition) is 1. The number of para-hydroxylation sites is 1. The fourth-order valence-corrected chi connectivity index (χ4v) is 2.29. The molecule has 2 rings (SSSR count). The summed E-state index contributed by atoms with van der Waals surface area (Å²) in [5.74, 6) is 0. The van der Waals surface area contributed by atoms with Gasteiger partial charge in [-0.25, -0.2) is 0 Å². The highest BCUT2D eigenvalue weighted by Gasteiger charge is 2.28. The van der Waals surface area contributed by atoms with E-state index in [0.717, 1.165) is 0 Å². The molecule has 0 aliphatic carbocycles. The lowest BCUT2D eigenvalue weighted by Gasteiger charge is -2.33. The van der Waals surface area contributed by atoms with Crippen LogP contribution in [0.1, 0.15) is 25.1 Å². The molecule has 16 heavy (non-hydrogen) atoms. The van der Waals surface area contributed by atoms with E-state index in [-0.39, 0.29) is 5.54 Å². The van der Waals surface area contributed by atoms with E-state index < -0.39 is 0 Å². The van der Waals surface area contributed by atoms with Crippen molar-refractivity contribution in [1.29, 1.82) is 0 Å². The highest BCUT2D eigenvalue weighted by Crippen LogP contribution is 2.34. The smallest absolute Gasteiger partial charge is 0.0459 e. The molecular weight excluding hydrogens is 196 g/mol. The van der Waals surface area contributed by atoms with Crippen molar-refractivity contribution in [2.75, 3.05) is 14.1 Å². The molecule has 0 fully saturated rings. The van der Waals surface area contributed by atoms with E-state index in [0.29, 0.717) is 0 Å². The molecule has 0 radical (unpaired) electrons. The molecule has 0 spiro atoms. The SMILES string of the molecule is Cc1[nH]c2ccccc2c1C(C)(C)N(C)C. The van der Waals surface area contributed by atoms with Crippen LogP contribution in [-0.4, -0.2) is 24.0 Å². The first-order valence-corrected chi connectivity index (χ1v) is 5.70. The summed E-state index contributed by atoms with van der Waals surface area (Å²) in [6.07, 6.45) is 0. The number of nitrogens with zero attached hydrogens (tertiary/aromatic N) is 1. The number of nitrogens with one attached hydrogen (secondary N) is 1. The highest BCUT2D eigenvalue weighted by molar-refractivity contribution is 5.85. The summed E-state index contributed by atoms with van der Waals surface area (Å²) in [4.78, 5) is 5.72. The van der Waals surface area contributed by atoms with Crippen LogP contribution in [-0.2, 0) is 5.54 Å². The van der Waals surface area contributed by atoms with Crippen molar-refractivity contribution in [2.45, 2.75) is 26.3 Å². The minimum absolute atomic E-state index is 0.0453. The Morgan fingerprint density at radius 2 is 1.75 bits per heavy atom. The van der Waals surface area contributed by atoms with Crippen molar-refractivity contribution in [1.82, 2.24) is 9.88 Å². The predicted molar refractivity (Wildman–Crippen MR) is 69.7 cm³/mol. The van der Waals surface area contributed by atoms with E-state index in [1.165, 1.54) is 22.2 Å². The standard InChI is InChI=1S/C14H20N2/c1-10-13(14(2,3)16(4)5)11-8-6-7-9-12(11)15-10/h6-9,15H,1-5H3. The molecule has 0 aliphatic heterocycles. The van der Waals surface area contributed by atoms with Gasteiger partial charge in [0.25, 0.3) is 0 Å². The third-order valence-electron chi connectivity index (χ3n) is 3.62. The molecule has 1 aromatic heterocycles. The molecule has 0 amide bonds. The maximum atomic E-state index is 3.46. The zero-order chi connectivity index (χ0) is 11.9. The number of benzene rings is 1. The lowest BCUT2D eigenvalue weighted by atomic mass is 9.90. The van der Waals surface area contributed by atoms with Gasteiger partial charge in [-0.3, -0.25) is 0 Å². The number of rotatable bonds is 2. The Bertz CT molecular complexity index is 506. The summed E-state index contributed by atoms with van der Waals surface area (Å²) >= 11 is 0. The first kappa shape index (κ1) is 11.2. The maximum absolute atomic E-state index is 3.46. The lowest BCUT2D eigenvalue weighted by molar-refractivity contribution is 0.198. The summed E-state index contributed by atoms with van der Waals surface area (Å²) in [5, 5.41) is 1.33. The van der Waals surface area contributed by atoms with Gasteiger partial charge in [0.05, 0.1) is 0 Å². The molecule has 0 unspecified atom stereocenters. The van der Waals surface area contributed by atoms with E-state index in [9.17, 15) is 0 Å². The van der Waals surface area contributed by atoms with Crippen LogP contribution in [0.3, 0.4) is 0 Å². The third kappa shape index (κ3) is 1.54. The zero-order valence-corrected chi connectivity index (χ0v) is 10.8. The van der Waals surface area contributed by atoms with Crippen molar-refractivity contribution in [3.05, 3.63) is 35.5 Å². The molecule has 2 aromatic rings. The average molecular weight is 216 g/mol. The molecule has 1 N–H and O–H groups in total. The molecule has 1 heterocycles. The molecule has 86 valence electrons. The van der Waals surface area contributed by atoms with Crippen LogP contribution < -0.4 is 0 Å². The van der Waals surface area contributed by atoms with E-state index in [1.807, 2.05) is 0 Å². The Hall–Kier alpha value is -1.28. The van der Waals surface area contributed by atoms with Crippen molar-refractivity contribution >= 4 is 10.9 Å². The van der Waals surface area contributed by atoms with Gasteiger partial charge in [-0.05, 0) is 40.9 Å². The van der Waals surface area contributed by atoms with Gasteiger partial charge in [-0.2, -0.15) is 0 Å². The predicted octanol–water partition coefficient (Wildman–Crippen LogP) is 3.27. The first-order chi connectivity index (χ1) is 7.44. The van der Waals surface area contributed by atoms with Gasteiger partial charge >= 0.3 is 0 Å².